The molecule has 0 aliphatic heterocycles. The van der Waals surface area contributed by atoms with E-state index in [1.54, 1.807) is 26.0 Å². The topological polar surface area (TPSA) is 70.8 Å². The number of hydrogen-bond donors (Lipinski definition) is 1. The van der Waals surface area contributed by atoms with Crippen molar-refractivity contribution in [2.75, 3.05) is 13.2 Å². The van der Waals surface area contributed by atoms with Crippen LogP contribution in [0.25, 0.3) is 0 Å². The molecule has 0 aromatic heterocycles. The van der Waals surface area contributed by atoms with Gasteiger partial charge in [-0.3, -0.25) is 4.57 Å². The molecule has 130 valence electrons. The molecule has 24 heavy (non-hydrogen) atoms. The third-order valence-corrected chi connectivity index (χ3v) is 5.62. The Morgan fingerprint density at radius 3 is 2.29 bits per heavy atom. The van der Waals surface area contributed by atoms with E-state index in [0.717, 1.165) is 5.56 Å². The van der Waals surface area contributed by atoms with Gasteiger partial charge in [-0.25, -0.2) is 0 Å². The summed E-state index contributed by atoms with van der Waals surface area (Å²) in [4.78, 5) is 0. The lowest BCUT2D eigenvalue weighted by molar-refractivity contribution is 0.212. The molecule has 1 atom stereocenters. The predicted molar refractivity (Wildman–Crippen MR) is 95.0 cm³/mol. The molecule has 2 N–H and O–H groups in total. The highest BCUT2D eigenvalue weighted by Crippen LogP contribution is 2.58. The summed E-state index contributed by atoms with van der Waals surface area (Å²) >= 11 is 0. The van der Waals surface area contributed by atoms with Gasteiger partial charge in [0.1, 0.15) is 18.1 Å². The van der Waals surface area contributed by atoms with Gasteiger partial charge in [-0.15, -0.1) is 0 Å². The highest BCUT2D eigenvalue weighted by Gasteiger charge is 2.34. The fourth-order valence-corrected chi connectivity index (χ4v) is 3.91. The SMILES string of the molecule is CCOP(=O)(OCC)[C@@H](N)c1cccc(OCc2ccccc2)c1. The van der Waals surface area contributed by atoms with Gasteiger partial charge in [0.25, 0.3) is 0 Å². The minimum absolute atomic E-state index is 0.273. The maximum Gasteiger partial charge on any atom is 0.351 e. The van der Waals surface area contributed by atoms with Crippen LogP contribution >= 0.6 is 7.60 Å². The van der Waals surface area contributed by atoms with Crippen molar-refractivity contribution in [2.45, 2.75) is 26.2 Å². The van der Waals surface area contributed by atoms with Gasteiger partial charge in [-0.05, 0) is 37.1 Å². The lowest BCUT2D eigenvalue weighted by Crippen LogP contribution is -2.15. The number of ether oxygens (including phenoxy) is 1. The molecule has 2 aromatic rings. The Labute approximate surface area is 143 Å². The molecular formula is C18H24NO4P. The van der Waals surface area contributed by atoms with Crippen LogP contribution in [0.15, 0.2) is 54.6 Å². The van der Waals surface area contributed by atoms with E-state index in [9.17, 15) is 4.57 Å². The number of nitrogens with two attached hydrogens (primary N) is 1. The minimum atomic E-state index is -3.41. The summed E-state index contributed by atoms with van der Waals surface area (Å²) in [5.41, 5.74) is 7.88. The van der Waals surface area contributed by atoms with Crippen LogP contribution in [0.5, 0.6) is 5.75 Å². The highest BCUT2D eigenvalue weighted by molar-refractivity contribution is 7.54. The normalized spacial score (nSPS) is 12.8. The van der Waals surface area contributed by atoms with Crippen molar-refractivity contribution in [3.63, 3.8) is 0 Å². The summed E-state index contributed by atoms with van der Waals surface area (Å²) < 4.78 is 29.2. The number of hydrogen-bond acceptors (Lipinski definition) is 5. The fraction of sp³-hybridized carbons (Fsp3) is 0.333. The fourth-order valence-electron chi connectivity index (χ4n) is 2.27. The van der Waals surface area contributed by atoms with Crippen molar-refractivity contribution in [2.24, 2.45) is 5.73 Å². The van der Waals surface area contributed by atoms with E-state index >= 15 is 0 Å². The zero-order valence-corrected chi connectivity index (χ0v) is 14.9. The van der Waals surface area contributed by atoms with E-state index in [-0.39, 0.29) is 13.2 Å². The molecule has 5 nitrogen and oxygen atoms in total. The first kappa shape index (κ1) is 18.7. The quantitative estimate of drug-likeness (QED) is 0.676. The molecule has 2 aromatic carbocycles. The summed E-state index contributed by atoms with van der Waals surface area (Å²) in [5.74, 6) is -0.191. The van der Waals surface area contributed by atoms with Gasteiger partial charge in [0.15, 0.2) is 0 Å². The summed E-state index contributed by atoms with van der Waals surface area (Å²) in [5, 5.41) is 0. The zero-order valence-electron chi connectivity index (χ0n) is 14.1. The van der Waals surface area contributed by atoms with E-state index in [1.807, 2.05) is 42.5 Å². The minimum Gasteiger partial charge on any atom is -0.489 e. The van der Waals surface area contributed by atoms with Crippen molar-refractivity contribution in [1.29, 1.82) is 0 Å². The molecule has 0 aliphatic carbocycles. The summed E-state index contributed by atoms with van der Waals surface area (Å²) in [6.45, 7) is 4.52. The van der Waals surface area contributed by atoms with Crippen LogP contribution < -0.4 is 10.5 Å². The molecule has 6 heteroatoms. The van der Waals surface area contributed by atoms with Crippen LogP contribution in [0.1, 0.15) is 30.8 Å². The third kappa shape index (κ3) is 4.92. The van der Waals surface area contributed by atoms with Gasteiger partial charge in [-0.2, -0.15) is 0 Å². The lowest BCUT2D eigenvalue weighted by atomic mass is 10.2. The van der Waals surface area contributed by atoms with Crippen LogP contribution in [-0.4, -0.2) is 13.2 Å². The Morgan fingerprint density at radius 2 is 1.67 bits per heavy atom. The van der Waals surface area contributed by atoms with E-state index < -0.39 is 13.4 Å². The second kappa shape index (κ2) is 9.00. The second-order valence-electron chi connectivity index (χ2n) is 5.17. The van der Waals surface area contributed by atoms with Gasteiger partial charge < -0.3 is 19.5 Å². The zero-order chi connectivity index (χ0) is 17.4. The molecule has 0 saturated carbocycles. The van der Waals surface area contributed by atoms with Crippen LogP contribution in [0, 0.1) is 0 Å². The molecule has 0 saturated heterocycles. The Balaban J connectivity index is 2.12. The Hall–Kier alpha value is -1.65. The second-order valence-corrected chi connectivity index (χ2v) is 7.32. The molecule has 0 bridgehead atoms. The van der Waals surface area contributed by atoms with Crippen molar-refractivity contribution < 1.29 is 18.3 Å². The maximum atomic E-state index is 12.8. The van der Waals surface area contributed by atoms with Gasteiger partial charge >= 0.3 is 7.60 Å². The van der Waals surface area contributed by atoms with Gasteiger partial charge in [0.05, 0.1) is 13.2 Å². The molecule has 0 unspecified atom stereocenters. The first-order chi connectivity index (χ1) is 11.6. The third-order valence-electron chi connectivity index (χ3n) is 3.41. The highest BCUT2D eigenvalue weighted by atomic mass is 31.2. The summed E-state index contributed by atoms with van der Waals surface area (Å²) in [7, 11) is -3.41. The van der Waals surface area contributed by atoms with E-state index in [0.29, 0.717) is 17.9 Å². The maximum absolute atomic E-state index is 12.8. The smallest absolute Gasteiger partial charge is 0.351 e. The van der Waals surface area contributed by atoms with Gasteiger partial charge in [0, 0.05) is 0 Å². The molecular weight excluding hydrogens is 325 g/mol. The van der Waals surface area contributed by atoms with Crippen molar-refractivity contribution >= 4 is 7.60 Å². The van der Waals surface area contributed by atoms with Gasteiger partial charge in [0.2, 0.25) is 0 Å². The Bertz CT molecular complexity index is 668. The predicted octanol–water partition coefficient (Wildman–Crippen LogP) is 4.49. The Morgan fingerprint density at radius 1 is 1.00 bits per heavy atom. The lowest BCUT2D eigenvalue weighted by Gasteiger charge is -2.23. The largest absolute Gasteiger partial charge is 0.489 e. The van der Waals surface area contributed by atoms with Crippen molar-refractivity contribution in [3.8, 4) is 5.75 Å². The first-order valence-corrected chi connectivity index (χ1v) is 9.61. The summed E-state index contributed by atoms with van der Waals surface area (Å²) in [6, 6.07) is 17.1. The molecule has 2 rings (SSSR count). The summed E-state index contributed by atoms with van der Waals surface area (Å²) in [6.07, 6.45) is 0. The van der Waals surface area contributed by atoms with Crippen molar-refractivity contribution in [1.82, 2.24) is 0 Å². The van der Waals surface area contributed by atoms with E-state index in [4.69, 9.17) is 19.5 Å². The first-order valence-electron chi connectivity index (χ1n) is 8.00. The molecule has 0 fully saturated rings. The Kier molecular flexibility index (Phi) is 7.00. The van der Waals surface area contributed by atoms with Crippen LogP contribution in [-0.2, 0) is 20.2 Å². The van der Waals surface area contributed by atoms with Crippen LogP contribution in [0.2, 0.25) is 0 Å². The van der Waals surface area contributed by atoms with E-state index in [2.05, 4.69) is 0 Å². The molecule has 0 amide bonds. The average Bonchev–Trinajstić information content (AvgIpc) is 2.61. The average molecular weight is 349 g/mol. The number of benzene rings is 2. The molecule has 0 spiro atoms. The monoisotopic (exact) mass is 349 g/mol. The van der Waals surface area contributed by atoms with Gasteiger partial charge in [-0.1, -0.05) is 42.5 Å². The van der Waals surface area contributed by atoms with E-state index in [1.165, 1.54) is 0 Å². The van der Waals surface area contributed by atoms with Crippen molar-refractivity contribution in [3.05, 3.63) is 65.7 Å². The number of rotatable bonds is 9. The van der Waals surface area contributed by atoms with Crippen LogP contribution in [0.3, 0.4) is 0 Å². The van der Waals surface area contributed by atoms with Crippen LogP contribution in [0.4, 0.5) is 0 Å². The molecule has 0 aliphatic rings. The molecule has 0 heterocycles. The standard InChI is InChI=1S/C18H24NO4P/c1-3-22-24(20,23-4-2)18(19)16-11-8-12-17(13-16)21-14-15-9-6-5-7-10-15/h5-13,18H,3-4,14,19H2,1-2H3/t18-/m1/s1. The molecule has 0 radical (unpaired) electrons.